The highest BCUT2D eigenvalue weighted by Gasteiger charge is 2.25. The van der Waals surface area contributed by atoms with Crippen LogP contribution in [-0.2, 0) is 17.8 Å². The van der Waals surface area contributed by atoms with E-state index in [0.717, 1.165) is 18.7 Å². The van der Waals surface area contributed by atoms with Crippen molar-refractivity contribution in [2.75, 3.05) is 6.54 Å². The van der Waals surface area contributed by atoms with E-state index in [-0.39, 0.29) is 11.7 Å². The molecule has 0 radical (unpaired) electrons. The number of hydrogen-bond acceptors (Lipinski definition) is 3. The quantitative estimate of drug-likeness (QED) is 0.909. The molecule has 1 aliphatic rings. The summed E-state index contributed by atoms with van der Waals surface area (Å²) in [5.41, 5.74) is 3.45. The van der Waals surface area contributed by atoms with Crippen LogP contribution < -0.4 is 5.32 Å². The van der Waals surface area contributed by atoms with Crippen molar-refractivity contribution >= 4 is 5.78 Å². The SMILES string of the molecule is O=C(Cc1ccncc1)C1CNCc2ccccc21. The molecule has 0 spiro atoms. The van der Waals surface area contributed by atoms with Crippen molar-refractivity contribution in [1.29, 1.82) is 0 Å². The van der Waals surface area contributed by atoms with Crippen molar-refractivity contribution in [3.63, 3.8) is 0 Å². The fourth-order valence-electron chi connectivity index (χ4n) is 2.61. The predicted molar refractivity (Wildman–Crippen MR) is 73.8 cm³/mol. The molecule has 1 aromatic carbocycles. The Morgan fingerprint density at radius 3 is 2.84 bits per heavy atom. The minimum atomic E-state index is -0.0295. The summed E-state index contributed by atoms with van der Waals surface area (Å²) in [6.45, 7) is 1.59. The number of nitrogens with zero attached hydrogens (tertiary/aromatic N) is 1. The second kappa shape index (κ2) is 5.33. The zero-order chi connectivity index (χ0) is 13.1. The Balaban J connectivity index is 1.82. The number of ketones is 1. The number of rotatable bonds is 3. The Labute approximate surface area is 112 Å². The Morgan fingerprint density at radius 2 is 2.00 bits per heavy atom. The Morgan fingerprint density at radius 1 is 1.21 bits per heavy atom. The average Bonchev–Trinajstić information content (AvgIpc) is 2.47. The number of nitrogens with one attached hydrogen (secondary N) is 1. The first-order valence-electron chi connectivity index (χ1n) is 6.55. The smallest absolute Gasteiger partial charge is 0.145 e. The molecule has 3 heteroatoms. The van der Waals surface area contributed by atoms with Crippen LogP contribution in [0.4, 0.5) is 0 Å². The number of aromatic nitrogens is 1. The third kappa shape index (κ3) is 2.56. The molecule has 2 heterocycles. The van der Waals surface area contributed by atoms with Gasteiger partial charge in [0.05, 0.1) is 5.92 Å². The maximum absolute atomic E-state index is 12.5. The summed E-state index contributed by atoms with van der Waals surface area (Å²) >= 11 is 0. The lowest BCUT2D eigenvalue weighted by Crippen LogP contribution is -2.33. The van der Waals surface area contributed by atoms with E-state index < -0.39 is 0 Å². The molecule has 19 heavy (non-hydrogen) atoms. The van der Waals surface area contributed by atoms with E-state index in [1.807, 2.05) is 24.3 Å². The number of fused-ring (bicyclic) bond motifs is 1. The molecule has 0 fully saturated rings. The molecular formula is C16H16N2O. The number of Topliss-reactive ketones (excluding diaryl/α,β-unsaturated/α-hetero) is 1. The number of benzene rings is 1. The molecule has 2 aromatic rings. The van der Waals surface area contributed by atoms with E-state index in [9.17, 15) is 4.79 Å². The van der Waals surface area contributed by atoms with Crippen molar-refractivity contribution in [3.05, 3.63) is 65.5 Å². The number of carbonyl (C=O) groups excluding carboxylic acids is 1. The highest BCUT2D eigenvalue weighted by atomic mass is 16.1. The Hall–Kier alpha value is -2.00. The van der Waals surface area contributed by atoms with Gasteiger partial charge in [-0.3, -0.25) is 9.78 Å². The topological polar surface area (TPSA) is 42.0 Å². The molecule has 0 amide bonds. The Bertz CT molecular complexity index is 580. The minimum absolute atomic E-state index is 0.0295. The zero-order valence-corrected chi connectivity index (χ0v) is 10.7. The van der Waals surface area contributed by atoms with Gasteiger partial charge in [0.2, 0.25) is 0 Å². The summed E-state index contributed by atoms with van der Waals surface area (Å²) in [7, 11) is 0. The van der Waals surface area contributed by atoms with Gasteiger partial charge < -0.3 is 5.32 Å². The minimum Gasteiger partial charge on any atom is -0.312 e. The standard InChI is InChI=1S/C16H16N2O/c19-16(9-12-5-7-17-8-6-12)15-11-18-10-13-3-1-2-4-14(13)15/h1-8,15,18H,9-11H2. The van der Waals surface area contributed by atoms with E-state index >= 15 is 0 Å². The lowest BCUT2D eigenvalue weighted by atomic mass is 9.86. The van der Waals surface area contributed by atoms with E-state index in [1.165, 1.54) is 11.1 Å². The number of carbonyl (C=O) groups is 1. The van der Waals surface area contributed by atoms with E-state index in [4.69, 9.17) is 0 Å². The van der Waals surface area contributed by atoms with Gasteiger partial charge in [0, 0.05) is 31.9 Å². The molecule has 1 atom stereocenters. The van der Waals surface area contributed by atoms with Gasteiger partial charge in [-0.1, -0.05) is 24.3 Å². The molecule has 3 nitrogen and oxygen atoms in total. The van der Waals surface area contributed by atoms with Crippen molar-refractivity contribution in [3.8, 4) is 0 Å². The summed E-state index contributed by atoms with van der Waals surface area (Å²) < 4.78 is 0. The summed E-state index contributed by atoms with van der Waals surface area (Å²) in [4.78, 5) is 16.4. The average molecular weight is 252 g/mol. The molecule has 3 rings (SSSR count). The van der Waals surface area contributed by atoms with Crippen LogP contribution in [0.1, 0.15) is 22.6 Å². The Kier molecular flexibility index (Phi) is 3.38. The molecule has 96 valence electrons. The number of hydrogen-bond donors (Lipinski definition) is 1. The molecule has 1 unspecified atom stereocenters. The van der Waals surface area contributed by atoms with Gasteiger partial charge in [0.15, 0.2) is 0 Å². The largest absolute Gasteiger partial charge is 0.312 e. The van der Waals surface area contributed by atoms with Gasteiger partial charge in [-0.2, -0.15) is 0 Å². The van der Waals surface area contributed by atoms with Gasteiger partial charge in [-0.05, 0) is 28.8 Å². The molecule has 1 N–H and O–H groups in total. The molecule has 1 aromatic heterocycles. The van der Waals surface area contributed by atoms with E-state index in [1.54, 1.807) is 12.4 Å². The van der Waals surface area contributed by atoms with Crippen LogP contribution in [0.15, 0.2) is 48.8 Å². The van der Waals surface area contributed by atoms with Crippen molar-refractivity contribution < 1.29 is 4.79 Å². The van der Waals surface area contributed by atoms with Crippen LogP contribution >= 0.6 is 0 Å². The highest BCUT2D eigenvalue weighted by Crippen LogP contribution is 2.25. The van der Waals surface area contributed by atoms with Crippen LogP contribution in [0.2, 0.25) is 0 Å². The summed E-state index contributed by atoms with van der Waals surface area (Å²) in [5.74, 6) is 0.240. The molecular weight excluding hydrogens is 236 g/mol. The van der Waals surface area contributed by atoms with Crippen LogP contribution in [0.5, 0.6) is 0 Å². The third-order valence-electron chi connectivity index (χ3n) is 3.61. The van der Waals surface area contributed by atoms with Crippen LogP contribution in [0, 0.1) is 0 Å². The third-order valence-corrected chi connectivity index (χ3v) is 3.61. The first-order valence-corrected chi connectivity index (χ1v) is 6.55. The highest BCUT2D eigenvalue weighted by molar-refractivity contribution is 5.88. The second-order valence-corrected chi connectivity index (χ2v) is 4.88. The first kappa shape index (κ1) is 12.1. The molecule has 0 bridgehead atoms. The van der Waals surface area contributed by atoms with E-state index in [0.29, 0.717) is 6.42 Å². The molecule has 0 aliphatic carbocycles. The van der Waals surface area contributed by atoms with Gasteiger partial charge >= 0.3 is 0 Å². The maximum atomic E-state index is 12.5. The molecule has 1 aliphatic heterocycles. The van der Waals surface area contributed by atoms with Crippen molar-refractivity contribution in [2.24, 2.45) is 0 Å². The summed E-state index contributed by atoms with van der Waals surface area (Å²) in [6.07, 6.45) is 3.94. The lowest BCUT2D eigenvalue weighted by Gasteiger charge is -2.25. The van der Waals surface area contributed by atoms with Crippen LogP contribution in [-0.4, -0.2) is 17.3 Å². The second-order valence-electron chi connectivity index (χ2n) is 4.88. The fourth-order valence-corrected chi connectivity index (χ4v) is 2.61. The van der Waals surface area contributed by atoms with Crippen molar-refractivity contribution in [1.82, 2.24) is 10.3 Å². The van der Waals surface area contributed by atoms with Gasteiger partial charge in [-0.25, -0.2) is 0 Å². The molecule has 0 saturated carbocycles. The van der Waals surface area contributed by atoms with Gasteiger partial charge in [0.25, 0.3) is 0 Å². The van der Waals surface area contributed by atoms with Gasteiger partial charge in [-0.15, -0.1) is 0 Å². The van der Waals surface area contributed by atoms with E-state index in [2.05, 4.69) is 22.4 Å². The van der Waals surface area contributed by atoms with Gasteiger partial charge in [0.1, 0.15) is 5.78 Å². The fraction of sp³-hybridized carbons (Fsp3) is 0.250. The van der Waals surface area contributed by atoms with Crippen LogP contribution in [0.25, 0.3) is 0 Å². The first-order chi connectivity index (χ1) is 9.34. The zero-order valence-electron chi connectivity index (χ0n) is 10.7. The number of pyridine rings is 1. The maximum Gasteiger partial charge on any atom is 0.145 e. The predicted octanol–water partition coefficient (Wildman–Crippen LogP) is 2.08. The van der Waals surface area contributed by atoms with Crippen molar-refractivity contribution in [2.45, 2.75) is 18.9 Å². The van der Waals surface area contributed by atoms with Crippen LogP contribution in [0.3, 0.4) is 0 Å². The monoisotopic (exact) mass is 252 g/mol. The normalized spacial score (nSPS) is 17.8. The lowest BCUT2D eigenvalue weighted by molar-refractivity contribution is -0.119. The molecule has 0 saturated heterocycles. The summed E-state index contributed by atoms with van der Waals surface area (Å²) in [6, 6.07) is 12.0. The summed E-state index contributed by atoms with van der Waals surface area (Å²) in [5, 5.41) is 3.32.